The SMILES string of the molecule is NCCC1CCCN(Cc2ccc(C(F)(F)F)cc2)C1. The maximum Gasteiger partial charge on any atom is 0.416 e. The van der Waals surface area contributed by atoms with Gasteiger partial charge >= 0.3 is 6.18 Å². The van der Waals surface area contributed by atoms with E-state index >= 15 is 0 Å². The molecule has 2 rings (SSSR count). The van der Waals surface area contributed by atoms with Crippen LogP contribution in [0.2, 0.25) is 0 Å². The molecule has 1 atom stereocenters. The first-order valence-electron chi connectivity index (χ1n) is 7.07. The molecule has 2 N–H and O–H groups in total. The fraction of sp³-hybridized carbons (Fsp3) is 0.600. The molecule has 0 spiro atoms. The third kappa shape index (κ3) is 4.21. The molecule has 1 saturated heterocycles. The third-order valence-corrected chi connectivity index (χ3v) is 3.87. The summed E-state index contributed by atoms with van der Waals surface area (Å²) in [4.78, 5) is 2.31. The Balaban J connectivity index is 1.93. The Morgan fingerprint density at radius 1 is 1.20 bits per heavy atom. The molecule has 0 radical (unpaired) electrons. The predicted octanol–water partition coefficient (Wildman–Crippen LogP) is 3.27. The van der Waals surface area contributed by atoms with E-state index in [0.29, 0.717) is 12.5 Å². The number of rotatable bonds is 4. The minimum atomic E-state index is -4.25. The molecule has 1 aromatic rings. The predicted molar refractivity (Wildman–Crippen MR) is 73.1 cm³/mol. The van der Waals surface area contributed by atoms with Crippen molar-refractivity contribution in [1.29, 1.82) is 0 Å². The Morgan fingerprint density at radius 3 is 2.50 bits per heavy atom. The van der Waals surface area contributed by atoms with Crippen molar-refractivity contribution in [3.05, 3.63) is 35.4 Å². The van der Waals surface area contributed by atoms with Crippen molar-refractivity contribution in [2.45, 2.75) is 32.0 Å². The Morgan fingerprint density at radius 2 is 1.90 bits per heavy atom. The van der Waals surface area contributed by atoms with Gasteiger partial charge in [-0.25, -0.2) is 0 Å². The molecule has 1 aliphatic heterocycles. The highest BCUT2D eigenvalue weighted by atomic mass is 19.4. The molecule has 5 heteroatoms. The Kier molecular flexibility index (Phi) is 5.05. The van der Waals surface area contributed by atoms with E-state index in [1.54, 1.807) is 12.1 Å². The number of halogens is 3. The highest BCUT2D eigenvalue weighted by molar-refractivity contribution is 5.24. The van der Waals surface area contributed by atoms with E-state index in [1.165, 1.54) is 6.42 Å². The van der Waals surface area contributed by atoms with Crippen LogP contribution in [0.4, 0.5) is 13.2 Å². The van der Waals surface area contributed by atoms with Crippen LogP contribution in [-0.2, 0) is 12.7 Å². The highest BCUT2D eigenvalue weighted by Crippen LogP contribution is 2.29. The molecule has 1 aliphatic rings. The van der Waals surface area contributed by atoms with Crippen molar-refractivity contribution in [3.63, 3.8) is 0 Å². The van der Waals surface area contributed by atoms with Crippen molar-refractivity contribution in [1.82, 2.24) is 4.90 Å². The summed E-state index contributed by atoms with van der Waals surface area (Å²) in [6, 6.07) is 5.48. The van der Waals surface area contributed by atoms with E-state index in [0.717, 1.165) is 50.2 Å². The standard InChI is InChI=1S/C15H21F3N2/c16-15(17,18)14-5-3-13(4-6-14)11-20-9-1-2-12(10-20)7-8-19/h3-6,12H,1-2,7-11,19H2. The zero-order valence-electron chi connectivity index (χ0n) is 11.5. The summed E-state index contributed by atoms with van der Waals surface area (Å²) in [5, 5.41) is 0. The number of piperidine rings is 1. The van der Waals surface area contributed by atoms with Gasteiger partial charge in [-0.2, -0.15) is 13.2 Å². The van der Waals surface area contributed by atoms with Crippen LogP contribution < -0.4 is 5.73 Å². The number of nitrogens with two attached hydrogens (primary N) is 1. The zero-order chi connectivity index (χ0) is 14.6. The van der Waals surface area contributed by atoms with Crippen molar-refractivity contribution < 1.29 is 13.2 Å². The second-order valence-corrected chi connectivity index (χ2v) is 5.52. The van der Waals surface area contributed by atoms with Crippen LogP contribution in [0, 0.1) is 5.92 Å². The van der Waals surface area contributed by atoms with Crippen molar-refractivity contribution in [2.75, 3.05) is 19.6 Å². The average molecular weight is 286 g/mol. The Bertz CT molecular complexity index is 412. The lowest BCUT2D eigenvalue weighted by Gasteiger charge is -2.32. The molecule has 112 valence electrons. The summed E-state index contributed by atoms with van der Waals surface area (Å²) in [6.45, 7) is 3.44. The largest absolute Gasteiger partial charge is 0.416 e. The van der Waals surface area contributed by atoms with E-state index in [4.69, 9.17) is 5.73 Å². The first kappa shape index (κ1) is 15.3. The van der Waals surface area contributed by atoms with Crippen molar-refractivity contribution in [2.24, 2.45) is 11.7 Å². The number of likely N-dealkylation sites (tertiary alicyclic amines) is 1. The number of hydrogen-bond donors (Lipinski definition) is 1. The Labute approximate surface area is 117 Å². The summed E-state index contributed by atoms with van der Waals surface area (Å²) in [7, 11) is 0. The fourth-order valence-electron chi connectivity index (χ4n) is 2.82. The molecule has 0 bridgehead atoms. The third-order valence-electron chi connectivity index (χ3n) is 3.87. The van der Waals surface area contributed by atoms with Crippen molar-refractivity contribution >= 4 is 0 Å². The molecule has 0 aromatic heterocycles. The summed E-state index contributed by atoms with van der Waals surface area (Å²) >= 11 is 0. The van der Waals surface area contributed by atoms with Crippen molar-refractivity contribution in [3.8, 4) is 0 Å². The van der Waals surface area contributed by atoms with Gasteiger partial charge in [0.2, 0.25) is 0 Å². The van der Waals surface area contributed by atoms with Crippen LogP contribution in [-0.4, -0.2) is 24.5 Å². The van der Waals surface area contributed by atoms with E-state index < -0.39 is 11.7 Å². The molecule has 1 unspecified atom stereocenters. The van der Waals surface area contributed by atoms with Crippen LogP contribution in [0.15, 0.2) is 24.3 Å². The van der Waals surface area contributed by atoms with Crippen LogP contribution in [0.5, 0.6) is 0 Å². The molecule has 1 heterocycles. The molecular weight excluding hydrogens is 265 g/mol. The molecule has 20 heavy (non-hydrogen) atoms. The second-order valence-electron chi connectivity index (χ2n) is 5.52. The van der Waals surface area contributed by atoms with Gasteiger partial charge in [0.1, 0.15) is 0 Å². The maximum absolute atomic E-state index is 12.5. The molecule has 2 nitrogen and oxygen atoms in total. The summed E-state index contributed by atoms with van der Waals surface area (Å²) < 4.78 is 37.5. The van der Waals surface area contributed by atoms with Crippen LogP contribution in [0.1, 0.15) is 30.4 Å². The van der Waals surface area contributed by atoms with E-state index in [9.17, 15) is 13.2 Å². The topological polar surface area (TPSA) is 29.3 Å². The summed E-state index contributed by atoms with van der Waals surface area (Å²) in [6.07, 6.45) is -0.870. The fourth-order valence-corrected chi connectivity index (χ4v) is 2.82. The van der Waals surface area contributed by atoms with E-state index in [2.05, 4.69) is 4.90 Å². The zero-order valence-corrected chi connectivity index (χ0v) is 11.5. The molecular formula is C15H21F3N2. The van der Waals surface area contributed by atoms with Gasteiger partial charge < -0.3 is 5.73 Å². The van der Waals surface area contributed by atoms with E-state index in [1.807, 2.05) is 0 Å². The molecule has 0 saturated carbocycles. The van der Waals surface area contributed by atoms with Crippen LogP contribution in [0.3, 0.4) is 0 Å². The summed E-state index contributed by atoms with van der Waals surface area (Å²) in [5.41, 5.74) is 5.94. The van der Waals surface area contributed by atoms with Gasteiger partial charge in [0.15, 0.2) is 0 Å². The smallest absolute Gasteiger partial charge is 0.330 e. The number of benzene rings is 1. The minimum Gasteiger partial charge on any atom is -0.330 e. The van der Waals surface area contributed by atoms with Gasteiger partial charge in [-0.05, 0) is 56.0 Å². The molecule has 1 aromatic carbocycles. The van der Waals surface area contributed by atoms with E-state index in [-0.39, 0.29) is 0 Å². The van der Waals surface area contributed by atoms with Crippen LogP contribution in [0.25, 0.3) is 0 Å². The average Bonchev–Trinajstić information content (AvgIpc) is 2.39. The van der Waals surface area contributed by atoms with Gasteiger partial charge in [-0.15, -0.1) is 0 Å². The second kappa shape index (κ2) is 6.59. The number of hydrogen-bond acceptors (Lipinski definition) is 2. The monoisotopic (exact) mass is 286 g/mol. The molecule has 1 fully saturated rings. The van der Waals surface area contributed by atoms with Gasteiger partial charge in [0.05, 0.1) is 5.56 Å². The lowest BCUT2D eigenvalue weighted by Crippen LogP contribution is -2.35. The highest BCUT2D eigenvalue weighted by Gasteiger charge is 2.30. The molecule has 0 amide bonds. The minimum absolute atomic E-state index is 0.582. The Hall–Kier alpha value is -1.07. The number of alkyl halides is 3. The van der Waals surface area contributed by atoms with Gasteiger partial charge in [0.25, 0.3) is 0 Å². The quantitative estimate of drug-likeness (QED) is 0.920. The van der Waals surface area contributed by atoms with Gasteiger partial charge in [0, 0.05) is 13.1 Å². The van der Waals surface area contributed by atoms with Gasteiger partial charge in [-0.1, -0.05) is 12.1 Å². The number of nitrogens with zero attached hydrogens (tertiary/aromatic N) is 1. The lowest BCUT2D eigenvalue weighted by molar-refractivity contribution is -0.137. The van der Waals surface area contributed by atoms with Gasteiger partial charge in [-0.3, -0.25) is 4.90 Å². The normalized spacial score (nSPS) is 21.1. The maximum atomic E-state index is 12.5. The van der Waals surface area contributed by atoms with Crippen LogP contribution >= 0.6 is 0 Å². The lowest BCUT2D eigenvalue weighted by atomic mass is 9.94. The first-order chi connectivity index (χ1) is 9.49. The first-order valence-corrected chi connectivity index (χ1v) is 7.07. The molecule has 0 aliphatic carbocycles. The summed E-state index contributed by atoms with van der Waals surface area (Å²) in [5.74, 6) is 0.628.